The average molecular weight is 312 g/mol. The Bertz CT molecular complexity index is 473. The molecule has 0 aromatic carbocycles. The monoisotopic (exact) mass is 312 g/mol. The number of carbonyl (C=O) groups excluding carboxylic acids is 3. The third-order valence-electron chi connectivity index (χ3n) is 2.75. The lowest BCUT2D eigenvalue weighted by Crippen LogP contribution is -2.33. The quantitative estimate of drug-likeness (QED) is 0.734. The van der Waals surface area contributed by atoms with E-state index in [-0.39, 0.29) is 37.2 Å². The molecule has 1 heterocycles. The van der Waals surface area contributed by atoms with Gasteiger partial charge in [0.25, 0.3) is 5.91 Å². The van der Waals surface area contributed by atoms with E-state index in [0.29, 0.717) is 18.0 Å². The number of hydrogen-bond donors (Lipinski definition) is 1. The Labute approximate surface area is 128 Å². The van der Waals surface area contributed by atoms with Crippen LogP contribution in [0.15, 0.2) is 17.5 Å². The number of ether oxygens (including phenoxy) is 1. The third-order valence-corrected chi connectivity index (χ3v) is 3.62. The number of nitrogens with one attached hydrogen (secondary N) is 1. The van der Waals surface area contributed by atoms with E-state index in [9.17, 15) is 14.4 Å². The van der Waals surface area contributed by atoms with Crippen molar-refractivity contribution in [3.63, 3.8) is 0 Å². The normalized spacial score (nSPS) is 10.0. The molecule has 0 fully saturated rings. The molecule has 0 atom stereocenters. The lowest BCUT2D eigenvalue weighted by Gasteiger charge is -2.16. The molecule has 0 aliphatic rings. The van der Waals surface area contributed by atoms with Crippen LogP contribution >= 0.6 is 11.3 Å². The molecule has 116 valence electrons. The zero-order valence-electron chi connectivity index (χ0n) is 12.3. The maximum absolute atomic E-state index is 11.8. The van der Waals surface area contributed by atoms with Gasteiger partial charge in [0.1, 0.15) is 0 Å². The van der Waals surface area contributed by atoms with Crippen molar-refractivity contribution in [3.8, 4) is 0 Å². The summed E-state index contributed by atoms with van der Waals surface area (Å²) in [6.07, 6.45) is 0.383. The minimum Gasteiger partial charge on any atom is -0.466 e. The molecule has 1 rings (SSSR count). The van der Waals surface area contributed by atoms with E-state index in [1.807, 2.05) is 5.38 Å². The summed E-state index contributed by atoms with van der Waals surface area (Å²) in [5.74, 6) is -0.610. The number of amides is 2. The number of hydrogen-bond acceptors (Lipinski definition) is 5. The van der Waals surface area contributed by atoms with Gasteiger partial charge in [0.2, 0.25) is 5.91 Å². The first kappa shape index (κ1) is 17.2. The van der Waals surface area contributed by atoms with Crippen LogP contribution in [0.4, 0.5) is 0 Å². The van der Waals surface area contributed by atoms with Crippen LogP contribution in [0.1, 0.15) is 29.4 Å². The highest BCUT2D eigenvalue weighted by molar-refractivity contribution is 7.12. The molecule has 0 aliphatic carbocycles. The molecule has 6 nitrogen and oxygen atoms in total. The Hall–Kier alpha value is -1.89. The van der Waals surface area contributed by atoms with Gasteiger partial charge in [0.05, 0.1) is 17.9 Å². The molecule has 2 amide bonds. The summed E-state index contributed by atoms with van der Waals surface area (Å²) in [4.78, 5) is 36.7. The van der Waals surface area contributed by atoms with Crippen LogP contribution < -0.4 is 5.32 Å². The Morgan fingerprint density at radius 3 is 2.71 bits per heavy atom. The predicted octanol–water partition coefficient (Wildman–Crippen LogP) is 1.28. The SMILES string of the molecule is CCOC(=O)CCN(C)C(=O)CCNC(=O)c1cccs1. The van der Waals surface area contributed by atoms with E-state index < -0.39 is 0 Å². The van der Waals surface area contributed by atoms with Gasteiger partial charge < -0.3 is 15.0 Å². The van der Waals surface area contributed by atoms with Gasteiger partial charge in [0, 0.05) is 26.6 Å². The highest BCUT2D eigenvalue weighted by Gasteiger charge is 2.12. The molecule has 21 heavy (non-hydrogen) atoms. The summed E-state index contributed by atoms with van der Waals surface area (Å²) in [6, 6.07) is 3.53. The van der Waals surface area contributed by atoms with Crippen LogP contribution in [0.3, 0.4) is 0 Å². The maximum Gasteiger partial charge on any atom is 0.307 e. The second kappa shape index (κ2) is 9.12. The molecule has 0 unspecified atom stereocenters. The third kappa shape index (κ3) is 6.40. The molecule has 0 aliphatic heterocycles. The topological polar surface area (TPSA) is 75.7 Å². The van der Waals surface area contributed by atoms with E-state index in [1.165, 1.54) is 16.2 Å². The fourth-order valence-corrected chi connectivity index (χ4v) is 2.23. The van der Waals surface area contributed by atoms with E-state index in [2.05, 4.69) is 5.32 Å². The molecule has 0 saturated heterocycles. The lowest BCUT2D eigenvalue weighted by atomic mass is 10.3. The van der Waals surface area contributed by atoms with Crippen molar-refractivity contribution in [2.75, 3.05) is 26.7 Å². The number of carbonyl (C=O) groups is 3. The first-order chi connectivity index (χ1) is 10.0. The first-order valence-electron chi connectivity index (χ1n) is 6.76. The van der Waals surface area contributed by atoms with Gasteiger partial charge >= 0.3 is 5.97 Å². The van der Waals surface area contributed by atoms with Crippen molar-refractivity contribution in [3.05, 3.63) is 22.4 Å². The Morgan fingerprint density at radius 1 is 1.33 bits per heavy atom. The number of rotatable bonds is 8. The molecule has 1 aromatic heterocycles. The standard InChI is InChI=1S/C14H20N2O4S/c1-3-20-13(18)7-9-16(2)12(17)6-8-15-14(19)11-5-4-10-21-11/h4-5,10H,3,6-9H2,1-2H3,(H,15,19). The number of esters is 1. The van der Waals surface area contributed by atoms with E-state index in [0.717, 1.165) is 0 Å². The number of thiophene rings is 1. The van der Waals surface area contributed by atoms with Crippen molar-refractivity contribution in [2.45, 2.75) is 19.8 Å². The van der Waals surface area contributed by atoms with Crippen LogP contribution in [0.5, 0.6) is 0 Å². The fourth-order valence-electron chi connectivity index (χ4n) is 1.59. The van der Waals surface area contributed by atoms with Crippen LogP contribution in [-0.2, 0) is 14.3 Å². The summed E-state index contributed by atoms with van der Waals surface area (Å²) in [5, 5.41) is 4.51. The molecule has 0 saturated carbocycles. The second-order valence-corrected chi connectivity index (χ2v) is 5.30. The molecular formula is C14H20N2O4S. The van der Waals surface area contributed by atoms with Crippen LogP contribution in [-0.4, -0.2) is 49.4 Å². The Balaban J connectivity index is 2.20. The van der Waals surface area contributed by atoms with Crippen molar-refractivity contribution < 1.29 is 19.1 Å². The van der Waals surface area contributed by atoms with Crippen LogP contribution in [0, 0.1) is 0 Å². The van der Waals surface area contributed by atoms with Gasteiger partial charge in [0.15, 0.2) is 0 Å². The molecule has 0 bridgehead atoms. The van der Waals surface area contributed by atoms with Gasteiger partial charge in [-0.1, -0.05) is 6.07 Å². The largest absolute Gasteiger partial charge is 0.466 e. The summed E-state index contributed by atoms with van der Waals surface area (Å²) in [5.41, 5.74) is 0. The average Bonchev–Trinajstić information content (AvgIpc) is 2.99. The summed E-state index contributed by atoms with van der Waals surface area (Å²) >= 11 is 1.35. The molecule has 1 aromatic rings. The smallest absolute Gasteiger partial charge is 0.307 e. The van der Waals surface area contributed by atoms with Crippen molar-refractivity contribution >= 4 is 29.1 Å². The first-order valence-corrected chi connectivity index (χ1v) is 7.63. The molecule has 0 spiro atoms. The minimum atomic E-state index is -0.317. The summed E-state index contributed by atoms with van der Waals surface area (Å²) in [7, 11) is 1.63. The van der Waals surface area contributed by atoms with E-state index in [1.54, 1.807) is 26.1 Å². The molecule has 1 N–H and O–H groups in total. The van der Waals surface area contributed by atoms with Gasteiger partial charge in [-0.15, -0.1) is 11.3 Å². The van der Waals surface area contributed by atoms with Crippen LogP contribution in [0.25, 0.3) is 0 Å². The maximum atomic E-state index is 11.8. The molecular weight excluding hydrogens is 292 g/mol. The molecule has 0 radical (unpaired) electrons. The summed E-state index contributed by atoms with van der Waals surface area (Å²) < 4.78 is 4.79. The second-order valence-electron chi connectivity index (χ2n) is 4.35. The predicted molar refractivity (Wildman–Crippen MR) is 80.2 cm³/mol. The van der Waals surface area contributed by atoms with Gasteiger partial charge in [-0.05, 0) is 18.4 Å². The Kier molecular flexibility index (Phi) is 7.45. The van der Waals surface area contributed by atoms with Crippen molar-refractivity contribution in [1.82, 2.24) is 10.2 Å². The van der Waals surface area contributed by atoms with Gasteiger partial charge in [-0.2, -0.15) is 0 Å². The Morgan fingerprint density at radius 2 is 2.10 bits per heavy atom. The summed E-state index contributed by atoms with van der Waals surface area (Å²) in [6.45, 7) is 2.67. The van der Waals surface area contributed by atoms with Crippen molar-refractivity contribution in [1.29, 1.82) is 0 Å². The van der Waals surface area contributed by atoms with Crippen molar-refractivity contribution in [2.24, 2.45) is 0 Å². The number of nitrogens with zero attached hydrogens (tertiary/aromatic N) is 1. The zero-order chi connectivity index (χ0) is 15.7. The van der Waals surface area contributed by atoms with Crippen LogP contribution in [0.2, 0.25) is 0 Å². The van der Waals surface area contributed by atoms with E-state index in [4.69, 9.17) is 4.74 Å². The zero-order valence-corrected chi connectivity index (χ0v) is 13.1. The van der Waals surface area contributed by atoms with Gasteiger partial charge in [-0.3, -0.25) is 14.4 Å². The lowest BCUT2D eigenvalue weighted by molar-refractivity contribution is -0.143. The fraction of sp³-hybridized carbons (Fsp3) is 0.500. The van der Waals surface area contributed by atoms with E-state index >= 15 is 0 Å². The minimum absolute atomic E-state index is 0.120. The molecule has 7 heteroatoms. The van der Waals surface area contributed by atoms with Gasteiger partial charge in [-0.25, -0.2) is 0 Å². The highest BCUT2D eigenvalue weighted by atomic mass is 32.1. The highest BCUT2D eigenvalue weighted by Crippen LogP contribution is 2.07.